The molecule has 30 heavy (non-hydrogen) atoms. The molecule has 3 heterocycles. The fraction of sp³-hybridized carbons (Fsp3) is 0.750. The van der Waals surface area contributed by atoms with Gasteiger partial charge in [-0.1, -0.05) is 0 Å². The number of aromatic nitrogens is 1. The summed E-state index contributed by atoms with van der Waals surface area (Å²) in [6.07, 6.45) is -1.44. The zero-order valence-electron chi connectivity index (χ0n) is 16.9. The lowest BCUT2D eigenvalue weighted by Gasteiger charge is -2.33. The summed E-state index contributed by atoms with van der Waals surface area (Å²) in [7, 11) is -3.90. The standard InChI is InChI=1S/C20H28F3N3O3S/c1-12-17(2-3-18(25-12)20(21,22)23)30(27,28)19-16-9-15(24)8-14(16)11-26(19)10-13-4-6-29-7-5-13/h2-3,13-16,19H,4-11,24H2,1H3/t14-,15+,16+,19+/m1/s1. The molecule has 1 aliphatic carbocycles. The van der Waals surface area contributed by atoms with Gasteiger partial charge >= 0.3 is 6.18 Å². The first kappa shape index (κ1) is 22.0. The Morgan fingerprint density at radius 1 is 1.23 bits per heavy atom. The van der Waals surface area contributed by atoms with Gasteiger partial charge in [-0.05, 0) is 62.5 Å². The quantitative estimate of drug-likeness (QED) is 0.764. The number of aryl methyl sites for hydroxylation is 1. The fourth-order valence-corrected chi connectivity index (χ4v) is 7.77. The van der Waals surface area contributed by atoms with Gasteiger partial charge < -0.3 is 10.5 Å². The summed E-state index contributed by atoms with van der Waals surface area (Å²) in [4.78, 5) is 5.48. The molecule has 6 nitrogen and oxygen atoms in total. The van der Waals surface area contributed by atoms with E-state index in [1.807, 2.05) is 4.90 Å². The molecule has 2 aliphatic heterocycles. The highest BCUT2D eigenvalue weighted by Gasteiger charge is 2.53. The molecule has 0 unspecified atom stereocenters. The van der Waals surface area contributed by atoms with E-state index in [1.165, 1.54) is 6.92 Å². The summed E-state index contributed by atoms with van der Waals surface area (Å²) >= 11 is 0. The third-order valence-corrected chi connectivity index (χ3v) is 9.09. The largest absolute Gasteiger partial charge is 0.433 e. The minimum Gasteiger partial charge on any atom is -0.381 e. The second kappa shape index (κ2) is 8.03. The van der Waals surface area contributed by atoms with E-state index in [2.05, 4.69) is 4.98 Å². The molecule has 0 spiro atoms. The van der Waals surface area contributed by atoms with Crippen LogP contribution in [0.3, 0.4) is 0 Å². The van der Waals surface area contributed by atoms with Crippen LogP contribution in [0.5, 0.6) is 0 Å². The SMILES string of the molecule is Cc1nc(C(F)(F)F)ccc1S(=O)(=O)[C@H]1[C@H]2C[C@@H](N)C[C@@H]2CN1CC1CCOCC1. The summed E-state index contributed by atoms with van der Waals surface area (Å²) in [6.45, 7) is 4.00. The first-order valence-electron chi connectivity index (χ1n) is 10.4. The molecule has 4 rings (SSSR count). The summed E-state index contributed by atoms with van der Waals surface area (Å²) in [5, 5.41) is -0.767. The third kappa shape index (κ3) is 4.11. The van der Waals surface area contributed by atoms with Crippen molar-refractivity contribution < 1.29 is 26.3 Å². The van der Waals surface area contributed by atoms with Crippen LogP contribution in [0.4, 0.5) is 13.2 Å². The number of sulfone groups is 1. The highest BCUT2D eigenvalue weighted by atomic mass is 32.2. The van der Waals surface area contributed by atoms with Crippen molar-refractivity contribution in [3.8, 4) is 0 Å². The Balaban J connectivity index is 1.66. The number of hydrogen-bond acceptors (Lipinski definition) is 6. The molecule has 168 valence electrons. The second-order valence-corrected chi connectivity index (χ2v) is 10.9. The average Bonchev–Trinajstić information content (AvgIpc) is 3.16. The molecule has 10 heteroatoms. The first-order chi connectivity index (χ1) is 14.1. The predicted molar refractivity (Wildman–Crippen MR) is 104 cm³/mol. The summed E-state index contributed by atoms with van der Waals surface area (Å²) in [6, 6.07) is 1.79. The van der Waals surface area contributed by atoms with Crippen molar-refractivity contribution >= 4 is 9.84 Å². The monoisotopic (exact) mass is 447 g/mol. The number of nitrogens with two attached hydrogens (primary N) is 1. The van der Waals surface area contributed by atoms with Crippen molar-refractivity contribution in [1.82, 2.24) is 9.88 Å². The van der Waals surface area contributed by atoms with E-state index in [0.29, 0.717) is 38.6 Å². The molecule has 0 radical (unpaired) electrons. The van der Waals surface area contributed by atoms with Crippen LogP contribution in [0.2, 0.25) is 0 Å². The van der Waals surface area contributed by atoms with Crippen molar-refractivity contribution in [3.63, 3.8) is 0 Å². The number of nitrogens with zero attached hydrogens (tertiary/aromatic N) is 2. The average molecular weight is 448 g/mol. The molecule has 2 saturated heterocycles. The minimum atomic E-state index is -4.61. The van der Waals surface area contributed by atoms with Gasteiger partial charge in [0.25, 0.3) is 0 Å². The van der Waals surface area contributed by atoms with Gasteiger partial charge in [0.15, 0.2) is 9.84 Å². The molecule has 0 amide bonds. The number of ether oxygens (including phenoxy) is 1. The van der Waals surface area contributed by atoms with E-state index < -0.39 is 27.1 Å². The lowest BCUT2D eigenvalue weighted by Crippen LogP contribution is -2.44. The number of fused-ring (bicyclic) bond motifs is 1. The summed E-state index contributed by atoms with van der Waals surface area (Å²) in [5.74, 6) is 0.449. The Labute approximate surface area is 174 Å². The minimum absolute atomic E-state index is 0.0326. The van der Waals surface area contributed by atoms with Crippen LogP contribution in [-0.2, 0) is 20.8 Å². The molecule has 0 bridgehead atoms. The highest BCUT2D eigenvalue weighted by Crippen LogP contribution is 2.46. The zero-order chi connectivity index (χ0) is 21.7. The number of rotatable bonds is 4. The van der Waals surface area contributed by atoms with E-state index >= 15 is 0 Å². The Hall–Kier alpha value is -1.23. The molecule has 0 aromatic carbocycles. The number of alkyl halides is 3. The summed E-state index contributed by atoms with van der Waals surface area (Å²) in [5.41, 5.74) is 4.94. The van der Waals surface area contributed by atoms with Gasteiger partial charge in [0.05, 0.1) is 10.6 Å². The smallest absolute Gasteiger partial charge is 0.381 e. The number of halogens is 3. The third-order valence-electron chi connectivity index (χ3n) is 6.77. The van der Waals surface area contributed by atoms with Gasteiger partial charge in [-0.25, -0.2) is 13.4 Å². The molecule has 3 fully saturated rings. The highest BCUT2D eigenvalue weighted by molar-refractivity contribution is 7.92. The lowest BCUT2D eigenvalue weighted by atomic mass is 10.00. The normalized spacial score (nSPS) is 31.2. The molecule has 3 aliphatic rings. The van der Waals surface area contributed by atoms with E-state index in [1.54, 1.807) is 0 Å². The van der Waals surface area contributed by atoms with Crippen molar-refractivity contribution in [2.75, 3.05) is 26.3 Å². The number of likely N-dealkylation sites (tertiary alicyclic amines) is 1. The Kier molecular flexibility index (Phi) is 5.89. The van der Waals surface area contributed by atoms with Crippen LogP contribution in [0, 0.1) is 24.7 Å². The molecule has 1 saturated carbocycles. The van der Waals surface area contributed by atoms with E-state index in [9.17, 15) is 21.6 Å². The fourth-order valence-electron chi connectivity index (χ4n) is 5.44. The van der Waals surface area contributed by atoms with Crippen molar-refractivity contribution in [1.29, 1.82) is 0 Å². The summed E-state index contributed by atoms with van der Waals surface area (Å²) < 4.78 is 71.8. The predicted octanol–water partition coefficient (Wildman–Crippen LogP) is 2.60. The van der Waals surface area contributed by atoms with Crippen molar-refractivity contribution in [3.05, 3.63) is 23.5 Å². The van der Waals surface area contributed by atoms with E-state index in [0.717, 1.165) is 31.4 Å². The van der Waals surface area contributed by atoms with Crippen LogP contribution in [0.1, 0.15) is 37.1 Å². The van der Waals surface area contributed by atoms with Gasteiger partial charge in [-0.2, -0.15) is 13.2 Å². The van der Waals surface area contributed by atoms with Gasteiger partial charge in [-0.15, -0.1) is 0 Å². The maximum Gasteiger partial charge on any atom is 0.433 e. The van der Waals surface area contributed by atoms with E-state index in [4.69, 9.17) is 10.5 Å². The van der Waals surface area contributed by atoms with Crippen LogP contribution in [0.15, 0.2) is 17.0 Å². The Morgan fingerprint density at radius 3 is 2.57 bits per heavy atom. The number of hydrogen-bond donors (Lipinski definition) is 1. The van der Waals surface area contributed by atoms with Crippen LogP contribution in [0.25, 0.3) is 0 Å². The maximum atomic E-state index is 13.7. The molecule has 4 atom stereocenters. The Bertz CT molecular complexity index is 887. The Morgan fingerprint density at radius 2 is 1.93 bits per heavy atom. The van der Waals surface area contributed by atoms with E-state index in [-0.39, 0.29) is 28.5 Å². The van der Waals surface area contributed by atoms with Crippen LogP contribution < -0.4 is 5.73 Å². The van der Waals surface area contributed by atoms with Gasteiger partial charge in [0.2, 0.25) is 0 Å². The molecular formula is C20H28F3N3O3S. The topological polar surface area (TPSA) is 85.5 Å². The van der Waals surface area contributed by atoms with Gasteiger partial charge in [-0.3, -0.25) is 4.90 Å². The first-order valence-corrected chi connectivity index (χ1v) is 12.0. The second-order valence-electron chi connectivity index (χ2n) is 8.88. The maximum absolute atomic E-state index is 13.7. The van der Waals surface area contributed by atoms with Gasteiger partial charge in [0.1, 0.15) is 11.1 Å². The molecule has 1 aromatic rings. The van der Waals surface area contributed by atoms with Crippen molar-refractivity contribution in [2.45, 2.75) is 55.1 Å². The van der Waals surface area contributed by atoms with Gasteiger partial charge in [0, 0.05) is 32.3 Å². The molecule has 2 N–H and O–H groups in total. The van der Waals surface area contributed by atoms with Crippen molar-refractivity contribution in [2.24, 2.45) is 23.5 Å². The zero-order valence-corrected chi connectivity index (χ0v) is 17.8. The lowest BCUT2D eigenvalue weighted by molar-refractivity contribution is -0.141. The molecule has 1 aromatic heterocycles. The van der Waals surface area contributed by atoms with Crippen LogP contribution >= 0.6 is 0 Å². The number of pyridine rings is 1. The van der Waals surface area contributed by atoms with Crippen LogP contribution in [-0.4, -0.2) is 56.0 Å². The molecular weight excluding hydrogens is 419 g/mol.